The molecule has 0 saturated carbocycles. The van der Waals surface area contributed by atoms with Crippen molar-refractivity contribution in [3.63, 3.8) is 0 Å². The fraction of sp³-hybridized carbons (Fsp3) is 0.150. The molecule has 29 heavy (non-hydrogen) atoms. The number of carbonyl (C=O) groups excluding carboxylic acids is 2. The maximum atomic E-state index is 12.3. The van der Waals surface area contributed by atoms with Crippen LogP contribution in [0.1, 0.15) is 28.9 Å². The molecular weight excluding hydrogens is 376 g/mol. The highest BCUT2D eigenvalue weighted by molar-refractivity contribution is 5.93. The summed E-state index contributed by atoms with van der Waals surface area (Å²) < 4.78 is 0. The second-order valence-electron chi connectivity index (χ2n) is 6.28. The second-order valence-corrected chi connectivity index (χ2v) is 6.28. The van der Waals surface area contributed by atoms with Gasteiger partial charge in [-0.2, -0.15) is 0 Å². The average Bonchev–Trinajstić information content (AvgIpc) is 2.70. The quantitative estimate of drug-likeness (QED) is 0.480. The average molecular weight is 394 g/mol. The smallest absolute Gasteiger partial charge is 0.303 e. The minimum absolute atomic E-state index is 0.0172. The maximum Gasteiger partial charge on any atom is 0.303 e. The molecule has 0 bridgehead atoms. The zero-order valence-corrected chi connectivity index (χ0v) is 15.3. The van der Waals surface area contributed by atoms with Gasteiger partial charge in [0.2, 0.25) is 5.91 Å². The van der Waals surface area contributed by atoms with Gasteiger partial charge in [0, 0.05) is 13.0 Å². The molecule has 0 unspecified atom stereocenters. The van der Waals surface area contributed by atoms with E-state index in [1.54, 1.807) is 0 Å². The fourth-order valence-corrected chi connectivity index (χ4v) is 2.67. The number of hydrogen-bond acceptors (Lipinski definition) is 5. The maximum absolute atomic E-state index is 12.3. The third-order valence-corrected chi connectivity index (χ3v) is 4.11. The first-order chi connectivity index (χ1) is 13.9. The summed E-state index contributed by atoms with van der Waals surface area (Å²) in [4.78, 5) is 52.6. The molecule has 1 aromatic heterocycles. The van der Waals surface area contributed by atoms with Crippen LogP contribution in [0.2, 0.25) is 0 Å². The highest BCUT2D eigenvalue weighted by atomic mass is 16.4. The van der Waals surface area contributed by atoms with Gasteiger partial charge in [-0.3, -0.25) is 19.2 Å². The van der Waals surface area contributed by atoms with Crippen LogP contribution < -0.4 is 16.2 Å². The van der Waals surface area contributed by atoms with E-state index in [0.29, 0.717) is 0 Å². The third-order valence-electron chi connectivity index (χ3n) is 4.11. The SMILES string of the molecule is O=C(O)CCC(=O)Nc1cnc(C(=O)NCc2ccc3ccccc3c2)c(=O)[nH]1. The van der Waals surface area contributed by atoms with Crippen LogP contribution in [0.4, 0.5) is 5.82 Å². The predicted octanol–water partition coefficient (Wildman–Crippen LogP) is 1.66. The zero-order chi connectivity index (χ0) is 20.8. The van der Waals surface area contributed by atoms with Crippen molar-refractivity contribution in [2.75, 3.05) is 5.32 Å². The minimum Gasteiger partial charge on any atom is -0.481 e. The lowest BCUT2D eigenvalue weighted by Crippen LogP contribution is -2.31. The number of aromatic nitrogens is 2. The molecule has 9 heteroatoms. The molecule has 0 aliphatic carbocycles. The van der Waals surface area contributed by atoms with Gasteiger partial charge in [-0.15, -0.1) is 0 Å². The van der Waals surface area contributed by atoms with E-state index in [2.05, 4.69) is 20.6 Å². The van der Waals surface area contributed by atoms with E-state index < -0.39 is 23.3 Å². The van der Waals surface area contributed by atoms with Gasteiger partial charge in [-0.1, -0.05) is 36.4 Å². The predicted molar refractivity (Wildman–Crippen MR) is 105 cm³/mol. The lowest BCUT2D eigenvalue weighted by molar-refractivity contribution is -0.138. The van der Waals surface area contributed by atoms with Crippen molar-refractivity contribution in [1.29, 1.82) is 0 Å². The van der Waals surface area contributed by atoms with Gasteiger partial charge in [0.15, 0.2) is 5.69 Å². The number of fused-ring (bicyclic) bond motifs is 1. The zero-order valence-electron chi connectivity index (χ0n) is 15.3. The van der Waals surface area contributed by atoms with Gasteiger partial charge in [-0.05, 0) is 22.4 Å². The summed E-state index contributed by atoms with van der Waals surface area (Å²) in [6, 6.07) is 13.6. The highest BCUT2D eigenvalue weighted by Crippen LogP contribution is 2.15. The number of carbonyl (C=O) groups is 3. The van der Waals surface area contributed by atoms with Gasteiger partial charge in [0.1, 0.15) is 5.82 Å². The van der Waals surface area contributed by atoms with E-state index >= 15 is 0 Å². The number of amides is 2. The van der Waals surface area contributed by atoms with Gasteiger partial charge in [0.25, 0.3) is 11.5 Å². The Morgan fingerprint density at radius 2 is 1.79 bits per heavy atom. The van der Waals surface area contributed by atoms with Crippen molar-refractivity contribution in [2.45, 2.75) is 19.4 Å². The molecule has 0 atom stereocenters. The molecule has 4 N–H and O–H groups in total. The molecule has 0 aliphatic heterocycles. The fourth-order valence-electron chi connectivity index (χ4n) is 2.67. The molecule has 2 amide bonds. The number of aromatic amines is 1. The molecule has 148 valence electrons. The second kappa shape index (κ2) is 8.79. The molecule has 3 rings (SSSR count). The van der Waals surface area contributed by atoms with Gasteiger partial charge in [0.05, 0.1) is 12.6 Å². The van der Waals surface area contributed by atoms with E-state index in [1.165, 1.54) is 0 Å². The largest absolute Gasteiger partial charge is 0.481 e. The number of anilines is 1. The van der Waals surface area contributed by atoms with Crippen LogP contribution >= 0.6 is 0 Å². The summed E-state index contributed by atoms with van der Waals surface area (Å²) in [5.74, 6) is -2.36. The normalized spacial score (nSPS) is 10.5. The van der Waals surface area contributed by atoms with E-state index in [4.69, 9.17) is 5.11 Å². The molecule has 3 aromatic rings. The van der Waals surface area contributed by atoms with Gasteiger partial charge < -0.3 is 20.7 Å². The number of rotatable bonds is 7. The van der Waals surface area contributed by atoms with Crippen LogP contribution in [-0.4, -0.2) is 32.9 Å². The Morgan fingerprint density at radius 3 is 2.52 bits per heavy atom. The van der Waals surface area contributed by atoms with E-state index in [0.717, 1.165) is 22.5 Å². The number of aliphatic carboxylic acids is 1. The summed E-state index contributed by atoms with van der Waals surface area (Å²) in [6.07, 6.45) is 0.551. The Bertz CT molecular complexity index is 1140. The van der Waals surface area contributed by atoms with Crippen LogP contribution in [0, 0.1) is 0 Å². The minimum atomic E-state index is -1.11. The molecule has 0 saturated heterocycles. The number of H-pyrrole nitrogens is 1. The summed E-state index contributed by atoms with van der Waals surface area (Å²) in [5.41, 5.74) is -0.234. The lowest BCUT2D eigenvalue weighted by Gasteiger charge is -2.07. The Balaban J connectivity index is 1.62. The van der Waals surface area contributed by atoms with Crippen molar-refractivity contribution in [2.24, 2.45) is 0 Å². The first kappa shape index (κ1) is 19.7. The molecule has 0 spiro atoms. The first-order valence-corrected chi connectivity index (χ1v) is 8.79. The topological polar surface area (TPSA) is 141 Å². The van der Waals surface area contributed by atoms with E-state index in [1.807, 2.05) is 42.5 Å². The summed E-state index contributed by atoms with van der Waals surface area (Å²) >= 11 is 0. The summed E-state index contributed by atoms with van der Waals surface area (Å²) in [6.45, 7) is 0.221. The number of nitrogens with zero attached hydrogens (tertiary/aromatic N) is 1. The van der Waals surface area contributed by atoms with E-state index in [-0.39, 0.29) is 30.9 Å². The van der Waals surface area contributed by atoms with Gasteiger partial charge >= 0.3 is 5.97 Å². The number of carboxylic acid groups (broad SMARTS) is 1. The Labute approximate surface area is 164 Å². The van der Waals surface area contributed by atoms with Crippen molar-refractivity contribution < 1.29 is 19.5 Å². The van der Waals surface area contributed by atoms with Gasteiger partial charge in [-0.25, -0.2) is 4.98 Å². The van der Waals surface area contributed by atoms with Crippen molar-refractivity contribution in [1.82, 2.24) is 15.3 Å². The first-order valence-electron chi connectivity index (χ1n) is 8.79. The Morgan fingerprint density at radius 1 is 1.03 bits per heavy atom. The molecule has 1 heterocycles. The van der Waals surface area contributed by atoms with Crippen LogP contribution in [0.15, 0.2) is 53.5 Å². The molecule has 0 radical (unpaired) electrons. The van der Waals surface area contributed by atoms with Crippen LogP contribution in [0.25, 0.3) is 10.8 Å². The Kier molecular flexibility index (Phi) is 5.98. The molecule has 0 aliphatic rings. The van der Waals surface area contributed by atoms with Crippen LogP contribution in [0.5, 0.6) is 0 Å². The van der Waals surface area contributed by atoms with Crippen LogP contribution in [0.3, 0.4) is 0 Å². The molecule has 9 nitrogen and oxygen atoms in total. The Hall–Kier alpha value is -4.01. The van der Waals surface area contributed by atoms with Crippen molar-refractivity contribution >= 4 is 34.4 Å². The van der Waals surface area contributed by atoms with Crippen LogP contribution in [-0.2, 0) is 16.1 Å². The standard InChI is InChI=1S/C20H18N4O5/c25-16(7-8-17(26)27)23-15-11-21-18(20(29)24-15)19(28)22-10-12-5-6-13-3-1-2-4-14(13)9-12/h1-6,9,11H,7-8,10H2,(H,22,28)(H,26,27)(H2,23,24,25,29). The van der Waals surface area contributed by atoms with Crippen molar-refractivity contribution in [3.8, 4) is 0 Å². The van der Waals surface area contributed by atoms with E-state index in [9.17, 15) is 19.2 Å². The highest BCUT2D eigenvalue weighted by Gasteiger charge is 2.14. The van der Waals surface area contributed by atoms with Crippen molar-refractivity contribution in [3.05, 3.63) is 70.3 Å². The summed E-state index contributed by atoms with van der Waals surface area (Å²) in [7, 11) is 0. The third kappa shape index (κ3) is 5.25. The summed E-state index contributed by atoms with van der Waals surface area (Å²) in [5, 5.41) is 15.7. The lowest BCUT2D eigenvalue weighted by atomic mass is 10.1. The molecule has 2 aromatic carbocycles. The molecular formula is C20H18N4O5. The number of carboxylic acids is 1. The molecule has 0 fully saturated rings. The number of hydrogen-bond donors (Lipinski definition) is 4. The monoisotopic (exact) mass is 394 g/mol. The number of nitrogens with one attached hydrogen (secondary N) is 3. The number of benzene rings is 2.